The van der Waals surface area contributed by atoms with Crippen LogP contribution in [-0.2, 0) is 4.79 Å². The standard InChI is InChI=1S/C29H34Cl2N2O3/c1-35-25-6-3-20(4-7-25)21-8-11-33(12-9-21)18-19-2-5-24(14-19)32-29(34)22-10-13-36-28-17-27(31)26(30)16-23(28)15-22/h3-4,6-7,15-17,19,21,24H,2,5,8-14,18H2,1H3,(H,32,34)/t19-,24+/m1/s1. The molecule has 2 aromatic carbocycles. The van der Waals surface area contributed by atoms with E-state index in [1.165, 1.54) is 24.8 Å². The van der Waals surface area contributed by atoms with Gasteiger partial charge in [-0.15, -0.1) is 0 Å². The number of benzene rings is 2. The van der Waals surface area contributed by atoms with Crippen LogP contribution in [-0.4, -0.2) is 50.2 Å². The lowest BCUT2D eigenvalue weighted by atomic mass is 9.89. The number of carbonyl (C=O) groups excluding carboxylic acids is 1. The van der Waals surface area contributed by atoms with Crippen molar-refractivity contribution >= 4 is 35.2 Å². The summed E-state index contributed by atoms with van der Waals surface area (Å²) in [5.41, 5.74) is 2.95. The van der Waals surface area contributed by atoms with Crippen molar-refractivity contribution in [1.29, 1.82) is 0 Å². The summed E-state index contributed by atoms with van der Waals surface area (Å²) < 4.78 is 11.1. The van der Waals surface area contributed by atoms with Crippen LogP contribution < -0.4 is 14.8 Å². The van der Waals surface area contributed by atoms with Gasteiger partial charge in [-0.1, -0.05) is 35.3 Å². The van der Waals surface area contributed by atoms with Gasteiger partial charge >= 0.3 is 0 Å². The maximum Gasteiger partial charge on any atom is 0.247 e. The van der Waals surface area contributed by atoms with Crippen molar-refractivity contribution < 1.29 is 14.3 Å². The van der Waals surface area contributed by atoms with Gasteiger partial charge < -0.3 is 19.7 Å². The third-order valence-electron chi connectivity index (χ3n) is 7.87. The average molecular weight is 530 g/mol. The Morgan fingerprint density at radius 2 is 1.83 bits per heavy atom. The van der Waals surface area contributed by atoms with Crippen LogP contribution in [0.15, 0.2) is 42.0 Å². The van der Waals surface area contributed by atoms with Crippen molar-refractivity contribution in [2.45, 2.75) is 50.5 Å². The molecule has 1 aliphatic carbocycles. The van der Waals surface area contributed by atoms with Crippen molar-refractivity contribution in [3.63, 3.8) is 0 Å². The molecule has 2 atom stereocenters. The Bertz CT molecular complexity index is 1110. The Morgan fingerprint density at radius 3 is 2.58 bits per heavy atom. The van der Waals surface area contributed by atoms with Gasteiger partial charge in [-0.05, 0) is 86.9 Å². The van der Waals surface area contributed by atoms with E-state index < -0.39 is 0 Å². The van der Waals surface area contributed by atoms with E-state index in [1.54, 1.807) is 19.2 Å². The lowest BCUT2D eigenvalue weighted by Gasteiger charge is -2.33. The van der Waals surface area contributed by atoms with Gasteiger partial charge in [0.2, 0.25) is 5.91 Å². The molecule has 1 saturated heterocycles. The van der Waals surface area contributed by atoms with Crippen LogP contribution in [0.5, 0.6) is 11.5 Å². The molecule has 0 unspecified atom stereocenters. The first-order chi connectivity index (χ1) is 17.5. The molecule has 2 heterocycles. The fourth-order valence-electron chi connectivity index (χ4n) is 5.83. The number of amides is 1. The minimum atomic E-state index is 0.00322. The zero-order valence-corrected chi connectivity index (χ0v) is 22.3. The fraction of sp³-hybridized carbons (Fsp3) is 0.483. The van der Waals surface area contributed by atoms with Gasteiger partial charge in [-0.25, -0.2) is 0 Å². The van der Waals surface area contributed by atoms with E-state index in [1.807, 2.05) is 6.08 Å². The highest BCUT2D eigenvalue weighted by Gasteiger charge is 2.30. The van der Waals surface area contributed by atoms with Crippen molar-refractivity contribution in [3.8, 4) is 11.5 Å². The summed E-state index contributed by atoms with van der Waals surface area (Å²) in [5.74, 6) is 2.87. The Balaban J connectivity index is 1.10. The summed E-state index contributed by atoms with van der Waals surface area (Å²) >= 11 is 12.3. The number of piperidine rings is 1. The number of rotatable bonds is 6. The van der Waals surface area contributed by atoms with Crippen LogP contribution in [0, 0.1) is 5.92 Å². The van der Waals surface area contributed by atoms with Gasteiger partial charge in [-0.2, -0.15) is 0 Å². The van der Waals surface area contributed by atoms with Crippen LogP contribution in [0.4, 0.5) is 0 Å². The van der Waals surface area contributed by atoms with E-state index in [-0.39, 0.29) is 11.9 Å². The van der Waals surface area contributed by atoms with Gasteiger partial charge in [0, 0.05) is 36.2 Å². The van der Waals surface area contributed by atoms with Crippen LogP contribution in [0.1, 0.15) is 55.6 Å². The van der Waals surface area contributed by atoms with Crippen LogP contribution in [0.3, 0.4) is 0 Å². The summed E-state index contributed by atoms with van der Waals surface area (Å²) in [6.45, 7) is 3.86. The number of likely N-dealkylation sites (tertiary alicyclic amines) is 1. The highest BCUT2D eigenvalue weighted by Crippen LogP contribution is 2.35. The molecular weight excluding hydrogens is 495 g/mol. The summed E-state index contributed by atoms with van der Waals surface area (Å²) in [5, 5.41) is 4.21. The molecule has 7 heteroatoms. The molecule has 1 amide bonds. The van der Waals surface area contributed by atoms with Crippen LogP contribution >= 0.6 is 23.2 Å². The van der Waals surface area contributed by atoms with Gasteiger partial charge in [0.15, 0.2) is 0 Å². The molecule has 36 heavy (non-hydrogen) atoms. The first-order valence-electron chi connectivity index (χ1n) is 13.0. The van der Waals surface area contributed by atoms with Gasteiger partial charge in [-0.3, -0.25) is 4.79 Å². The smallest absolute Gasteiger partial charge is 0.247 e. The Hall–Kier alpha value is -2.21. The Kier molecular flexibility index (Phi) is 8.09. The summed E-state index contributed by atoms with van der Waals surface area (Å²) in [6.07, 6.45) is 8.11. The van der Waals surface area contributed by atoms with E-state index >= 15 is 0 Å². The van der Waals surface area contributed by atoms with E-state index in [9.17, 15) is 4.79 Å². The fourth-order valence-corrected chi connectivity index (χ4v) is 6.16. The van der Waals surface area contributed by atoms with Crippen LogP contribution in [0.2, 0.25) is 10.0 Å². The zero-order chi connectivity index (χ0) is 25.1. The minimum Gasteiger partial charge on any atom is -0.497 e. The zero-order valence-electron chi connectivity index (χ0n) is 20.8. The quantitative estimate of drug-likeness (QED) is 0.475. The third-order valence-corrected chi connectivity index (χ3v) is 8.59. The molecule has 0 spiro atoms. The maximum absolute atomic E-state index is 13.1. The van der Waals surface area contributed by atoms with Crippen molar-refractivity contribution in [2.75, 3.05) is 33.4 Å². The minimum absolute atomic E-state index is 0.00322. The molecule has 1 N–H and O–H groups in total. The predicted octanol–water partition coefficient (Wildman–Crippen LogP) is 6.33. The first kappa shape index (κ1) is 25.4. The molecule has 0 radical (unpaired) electrons. The number of carbonyl (C=O) groups is 1. The lowest BCUT2D eigenvalue weighted by Crippen LogP contribution is -2.37. The third kappa shape index (κ3) is 6.01. The first-order valence-corrected chi connectivity index (χ1v) is 13.7. The number of hydrogen-bond acceptors (Lipinski definition) is 4. The van der Waals surface area contributed by atoms with Crippen LogP contribution in [0.25, 0.3) is 6.08 Å². The molecule has 2 fully saturated rings. The maximum atomic E-state index is 13.1. The second kappa shape index (κ2) is 11.5. The average Bonchev–Trinajstić information content (AvgIpc) is 3.22. The van der Waals surface area contributed by atoms with Crippen molar-refractivity contribution in [3.05, 3.63) is 63.1 Å². The molecule has 0 aromatic heterocycles. The lowest BCUT2D eigenvalue weighted by molar-refractivity contribution is -0.118. The molecule has 5 nitrogen and oxygen atoms in total. The largest absolute Gasteiger partial charge is 0.497 e. The molecule has 5 rings (SSSR count). The molecule has 1 saturated carbocycles. The monoisotopic (exact) mass is 528 g/mol. The van der Waals surface area contributed by atoms with E-state index in [4.69, 9.17) is 32.7 Å². The van der Waals surface area contributed by atoms with Crippen molar-refractivity contribution in [1.82, 2.24) is 10.2 Å². The SMILES string of the molecule is COc1ccc(C2CCN(C[C@@H]3CC[C@H](NC(=O)C4=Cc5cc(Cl)c(Cl)cc5OCC4)C3)CC2)cc1. The number of nitrogens with zero attached hydrogens (tertiary/aromatic N) is 1. The normalized spacial score (nSPS) is 22.8. The van der Waals surface area contributed by atoms with Gasteiger partial charge in [0.25, 0.3) is 0 Å². The van der Waals surface area contributed by atoms with E-state index in [2.05, 4.69) is 34.5 Å². The molecule has 0 bridgehead atoms. The number of hydrogen-bond donors (Lipinski definition) is 1. The Labute approximate surface area is 223 Å². The molecule has 192 valence electrons. The molecule has 3 aliphatic rings. The predicted molar refractivity (Wildman–Crippen MR) is 145 cm³/mol. The summed E-state index contributed by atoms with van der Waals surface area (Å²) in [4.78, 5) is 15.7. The second-order valence-corrected chi connectivity index (χ2v) is 11.1. The van der Waals surface area contributed by atoms with Gasteiger partial charge in [0.1, 0.15) is 11.5 Å². The number of halogens is 2. The molecule has 2 aliphatic heterocycles. The Morgan fingerprint density at radius 1 is 1.08 bits per heavy atom. The van der Waals surface area contributed by atoms with E-state index in [0.29, 0.717) is 40.7 Å². The number of nitrogens with one attached hydrogen (secondary N) is 1. The highest BCUT2D eigenvalue weighted by atomic mass is 35.5. The highest BCUT2D eigenvalue weighted by molar-refractivity contribution is 6.42. The molecular formula is C29H34Cl2N2O3. The number of fused-ring (bicyclic) bond motifs is 1. The number of ether oxygens (including phenoxy) is 2. The summed E-state index contributed by atoms with van der Waals surface area (Å²) in [7, 11) is 1.71. The van der Waals surface area contributed by atoms with E-state index in [0.717, 1.165) is 49.4 Å². The van der Waals surface area contributed by atoms with Gasteiger partial charge in [0.05, 0.1) is 23.8 Å². The van der Waals surface area contributed by atoms with Crippen molar-refractivity contribution in [2.24, 2.45) is 5.92 Å². The summed E-state index contributed by atoms with van der Waals surface area (Å²) in [6, 6.07) is 12.3. The topological polar surface area (TPSA) is 50.8 Å². The number of methoxy groups -OCH3 is 1. The molecule has 2 aromatic rings. The second-order valence-electron chi connectivity index (χ2n) is 10.3.